The lowest BCUT2D eigenvalue weighted by Gasteiger charge is -2.45. The number of hydrogen-bond acceptors (Lipinski definition) is 8. The zero-order valence-electron chi connectivity index (χ0n) is 20.4. The molecule has 12 heteroatoms. The third-order valence-electron chi connectivity index (χ3n) is 7.40. The molecule has 12 nitrogen and oxygen atoms in total. The van der Waals surface area contributed by atoms with Crippen molar-refractivity contribution in [2.75, 3.05) is 33.1 Å². The number of carbonyl (C=O) groups is 1. The lowest BCUT2D eigenvalue weighted by atomic mass is 9.65. The first-order chi connectivity index (χ1) is 17.2. The van der Waals surface area contributed by atoms with Crippen molar-refractivity contribution in [2.24, 2.45) is 0 Å². The quantitative estimate of drug-likeness (QED) is 0.431. The van der Waals surface area contributed by atoms with Crippen molar-refractivity contribution in [3.05, 3.63) is 62.2 Å². The highest BCUT2D eigenvalue weighted by Gasteiger charge is 2.50. The van der Waals surface area contributed by atoms with Crippen LogP contribution >= 0.6 is 0 Å². The Labute approximate surface area is 207 Å². The van der Waals surface area contributed by atoms with Gasteiger partial charge in [0.05, 0.1) is 35.8 Å². The summed E-state index contributed by atoms with van der Waals surface area (Å²) in [6, 6.07) is 8.60. The first-order valence-electron chi connectivity index (χ1n) is 11.6. The zero-order chi connectivity index (χ0) is 26.0. The number of likely N-dealkylation sites (N-methyl/N-ethyl adjacent to an activating group) is 1. The standard InChI is InChI=1S/C24H29N5O7/c1-27-9-8-24(15-4-5-20(35-2)21(10-15)36-3)7-6-16(13-22(24)27)25-23(30)26-17-11-18(28(31)32)14-19(12-17)29(33)34/h4-5,10-12,14,16,22H,6-9,13H2,1-3H3,(H2,25,26,30)/t16-,22+,24+/m1/s1. The number of fused-ring (bicyclic) bond motifs is 1. The molecule has 2 amide bonds. The van der Waals surface area contributed by atoms with Crippen LogP contribution in [0.4, 0.5) is 21.9 Å². The van der Waals surface area contributed by atoms with Crippen LogP contribution in [0, 0.1) is 20.2 Å². The number of likely N-dealkylation sites (tertiary alicyclic amines) is 1. The molecule has 2 fully saturated rings. The van der Waals surface area contributed by atoms with Crippen molar-refractivity contribution in [3.63, 3.8) is 0 Å². The van der Waals surface area contributed by atoms with Crippen LogP contribution in [0.2, 0.25) is 0 Å². The Hall–Kier alpha value is -3.93. The van der Waals surface area contributed by atoms with E-state index in [-0.39, 0.29) is 23.2 Å². The van der Waals surface area contributed by atoms with E-state index in [9.17, 15) is 25.0 Å². The second kappa shape index (κ2) is 9.97. The Kier molecular flexibility index (Phi) is 6.97. The SMILES string of the molecule is COc1ccc([C@@]23CC[C@@H](NC(=O)Nc4cc([N+](=O)[O-])cc([N+](=O)[O-])c4)C[C@@H]2N(C)CC3)cc1OC. The van der Waals surface area contributed by atoms with Gasteiger partial charge in [0, 0.05) is 29.6 Å². The highest BCUT2D eigenvalue weighted by molar-refractivity contribution is 5.90. The largest absolute Gasteiger partial charge is 0.493 e. The summed E-state index contributed by atoms with van der Waals surface area (Å²) in [6.07, 6.45) is 3.29. The lowest BCUT2D eigenvalue weighted by Crippen LogP contribution is -2.52. The molecule has 3 atom stereocenters. The van der Waals surface area contributed by atoms with Crippen molar-refractivity contribution in [1.82, 2.24) is 10.2 Å². The van der Waals surface area contributed by atoms with E-state index in [4.69, 9.17) is 9.47 Å². The average Bonchev–Trinajstić information content (AvgIpc) is 3.20. The molecule has 0 radical (unpaired) electrons. The number of carbonyl (C=O) groups excluding carboxylic acids is 1. The maximum Gasteiger partial charge on any atom is 0.319 e. The van der Waals surface area contributed by atoms with Crippen molar-refractivity contribution in [1.29, 1.82) is 0 Å². The number of nitro groups is 2. The molecule has 1 aliphatic heterocycles. The molecule has 2 aromatic rings. The van der Waals surface area contributed by atoms with Crippen molar-refractivity contribution in [3.8, 4) is 11.5 Å². The first kappa shape index (κ1) is 25.2. The highest BCUT2D eigenvalue weighted by atomic mass is 16.6. The molecule has 4 rings (SSSR count). The molecule has 0 unspecified atom stereocenters. The van der Waals surface area contributed by atoms with Crippen LogP contribution < -0.4 is 20.1 Å². The maximum atomic E-state index is 12.7. The number of anilines is 1. The van der Waals surface area contributed by atoms with Gasteiger partial charge in [-0.05, 0) is 57.0 Å². The van der Waals surface area contributed by atoms with Gasteiger partial charge in [0.2, 0.25) is 0 Å². The Morgan fingerprint density at radius 3 is 2.31 bits per heavy atom. The Balaban J connectivity index is 1.49. The number of nitrogens with one attached hydrogen (secondary N) is 2. The van der Waals surface area contributed by atoms with Gasteiger partial charge in [-0.25, -0.2) is 4.79 Å². The van der Waals surface area contributed by atoms with Gasteiger partial charge >= 0.3 is 6.03 Å². The first-order valence-corrected chi connectivity index (χ1v) is 11.6. The molecular formula is C24H29N5O7. The molecule has 36 heavy (non-hydrogen) atoms. The molecule has 1 saturated heterocycles. The van der Waals surface area contributed by atoms with Crippen LogP contribution in [0.1, 0.15) is 31.2 Å². The minimum atomic E-state index is -0.735. The summed E-state index contributed by atoms with van der Waals surface area (Å²) < 4.78 is 10.9. The van der Waals surface area contributed by atoms with Gasteiger partial charge in [-0.15, -0.1) is 0 Å². The number of hydrogen-bond donors (Lipinski definition) is 2. The number of benzene rings is 2. The summed E-state index contributed by atoms with van der Waals surface area (Å²) in [5.41, 5.74) is 0.154. The van der Waals surface area contributed by atoms with Crippen LogP contribution in [-0.2, 0) is 5.41 Å². The molecule has 2 N–H and O–H groups in total. The van der Waals surface area contributed by atoms with Crippen molar-refractivity contribution >= 4 is 23.1 Å². The van der Waals surface area contributed by atoms with Gasteiger partial charge in [-0.3, -0.25) is 20.2 Å². The number of non-ortho nitro benzene ring substituents is 2. The molecular weight excluding hydrogens is 470 g/mol. The smallest absolute Gasteiger partial charge is 0.319 e. The van der Waals surface area contributed by atoms with Gasteiger partial charge in [-0.2, -0.15) is 0 Å². The molecule has 1 saturated carbocycles. The fourth-order valence-electron chi connectivity index (χ4n) is 5.63. The van der Waals surface area contributed by atoms with Crippen molar-refractivity contribution in [2.45, 2.75) is 43.2 Å². The molecule has 2 aliphatic rings. The third kappa shape index (κ3) is 4.76. The Bertz CT molecular complexity index is 1160. The molecule has 192 valence electrons. The fourth-order valence-corrected chi connectivity index (χ4v) is 5.63. The summed E-state index contributed by atoms with van der Waals surface area (Å²) in [5.74, 6) is 1.36. The van der Waals surface area contributed by atoms with Gasteiger partial charge in [0.25, 0.3) is 11.4 Å². The summed E-state index contributed by atoms with van der Waals surface area (Å²) in [6.45, 7) is 0.926. The molecule has 0 bridgehead atoms. The molecule has 1 aliphatic carbocycles. The van der Waals surface area contributed by atoms with E-state index < -0.39 is 27.3 Å². The maximum absolute atomic E-state index is 12.7. The number of methoxy groups -OCH3 is 2. The zero-order valence-corrected chi connectivity index (χ0v) is 20.4. The third-order valence-corrected chi connectivity index (χ3v) is 7.40. The average molecular weight is 500 g/mol. The van der Waals surface area contributed by atoms with E-state index in [1.165, 1.54) is 5.56 Å². The van der Waals surface area contributed by atoms with E-state index >= 15 is 0 Å². The van der Waals surface area contributed by atoms with Crippen LogP contribution in [0.3, 0.4) is 0 Å². The Morgan fingerprint density at radius 1 is 1.03 bits per heavy atom. The van der Waals surface area contributed by atoms with Crippen LogP contribution in [0.25, 0.3) is 0 Å². The summed E-state index contributed by atoms with van der Waals surface area (Å²) in [5, 5.41) is 27.7. The Morgan fingerprint density at radius 2 is 1.69 bits per heavy atom. The van der Waals surface area contributed by atoms with E-state index in [2.05, 4.69) is 28.6 Å². The van der Waals surface area contributed by atoms with Crippen LogP contribution in [-0.4, -0.2) is 60.7 Å². The predicted molar refractivity (Wildman–Crippen MR) is 132 cm³/mol. The predicted octanol–water partition coefficient (Wildman–Crippen LogP) is 3.84. The molecule has 0 spiro atoms. The highest BCUT2D eigenvalue weighted by Crippen LogP contribution is 2.49. The van der Waals surface area contributed by atoms with E-state index in [1.807, 2.05) is 12.1 Å². The minimum Gasteiger partial charge on any atom is -0.493 e. The molecule has 1 heterocycles. The van der Waals surface area contributed by atoms with Gasteiger partial charge in [0.1, 0.15) is 0 Å². The number of ether oxygens (including phenoxy) is 2. The molecule has 2 aromatic carbocycles. The van der Waals surface area contributed by atoms with Crippen LogP contribution in [0.5, 0.6) is 11.5 Å². The van der Waals surface area contributed by atoms with Crippen LogP contribution in [0.15, 0.2) is 36.4 Å². The lowest BCUT2D eigenvalue weighted by molar-refractivity contribution is -0.394. The number of nitrogens with zero attached hydrogens (tertiary/aromatic N) is 3. The summed E-state index contributed by atoms with van der Waals surface area (Å²) >= 11 is 0. The van der Waals surface area contributed by atoms with Crippen molar-refractivity contribution < 1.29 is 24.1 Å². The second-order valence-electron chi connectivity index (χ2n) is 9.29. The topological polar surface area (TPSA) is 149 Å². The number of urea groups is 1. The summed E-state index contributed by atoms with van der Waals surface area (Å²) in [4.78, 5) is 35.8. The minimum absolute atomic E-state index is 0.0122. The van der Waals surface area contributed by atoms with E-state index in [0.717, 1.165) is 44.0 Å². The number of amides is 2. The molecule has 0 aromatic heterocycles. The van der Waals surface area contributed by atoms with E-state index in [0.29, 0.717) is 17.9 Å². The van der Waals surface area contributed by atoms with E-state index in [1.54, 1.807) is 14.2 Å². The monoisotopic (exact) mass is 499 g/mol. The van der Waals surface area contributed by atoms with Gasteiger partial charge in [-0.1, -0.05) is 6.07 Å². The number of nitro benzene ring substituents is 2. The van der Waals surface area contributed by atoms with Gasteiger partial charge < -0.3 is 25.0 Å². The second-order valence-corrected chi connectivity index (χ2v) is 9.29. The summed E-state index contributed by atoms with van der Waals surface area (Å²) in [7, 11) is 5.31. The normalized spacial score (nSPS) is 23.4. The fraction of sp³-hybridized carbons (Fsp3) is 0.458. The van der Waals surface area contributed by atoms with Gasteiger partial charge in [0.15, 0.2) is 11.5 Å². The number of rotatable bonds is 7.